The zero-order valence-corrected chi connectivity index (χ0v) is 62.7. The van der Waals surface area contributed by atoms with Crippen LogP contribution >= 0.6 is 47.0 Å². The molecule has 16 nitrogen and oxygen atoms in total. The van der Waals surface area contributed by atoms with Crippen molar-refractivity contribution in [3.05, 3.63) is 273 Å². The Morgan fingerprint density at radius 3 is 0.604 bits per heavy atom. The SMILES string of the molecule is CSCCCCOC(=O)c1ccc(C#Cc2ccc(NC3=NC(=C4N=C(Nc5ccc(C#Cc6ccc(C(=O)OCCCCSC)cc6)cc5)C(Nc5ccc(C#Cc6ccc(C(=O)OCCCCSC)cc6)cc5)=N4)N=C3Nc3ccc(C#Cc4ccc(C(=O)OCCCCSC)cc4)cc3)cc2)cc1. The predicted octanol–water partition coefficient (Wildman–Crippen LogP) is 17.0. The van der Waals surface area contributed by atoms with Gasteiger partial charge in [0.25, 0.3) is 0 Å². The third-order valence-electron chi connectivity index (χ3n) is 15.9. The molecule has 0 atom stereocenters. The van der Waals surface area contributed by atoms with Crippen molar-refractivity contribution in [3.8, 4) is 47.4 Å². The summed E-state index contributed by atoms with van der Waals surface area (Å²) in [5.41, 5.74) is 10.8. The fourth-order valence-electron chi connectivity index (χ4n) is 10.1. The molecule has 2 aliphatic heterocycles. The Balaban J connectivity index is 0.897. The van der Waals surface area contributed by atoms with E-state index < -0.39 is 0 Å². The van der Waals surface area contributed by atoms with E-state index in [9.17, 15) is 19.2 Å². The van der Waals surface area contributed by atoms with Gasteiger partial charge in [0.1, 0.15) is 0 Å². The van der Waals surface area contributed by atoms with E-state index in [1.165, 1.54) is 0 Å². The van der Waals surface area contributed by atoms with Crippen LogP contribution in [0.3, 0.4) is 0 Å². The van der Waals surface area contributed by atoms with E-state index in [1.54, 1.807) is 95.6 Å². The quantitative estimate of drug-likeness (QED) is 0.0156. The van der Waals surface area contributed by atoms with Crippen LogP contribution in [0.25, 0.3) is 0 Å². The molecule has 0 radical (unpaired) electrons. The number of hydrogen-bond donors (Lipinski definition) is 4. The Bertz CT molecular complexity index is 4160. The van der Waals surface area contributed by atoms with Crippen LogP contribution in [0.5, 0.6) is 0 Å². The smallest absolute Gasteiger partial charge is 0.338 e. The Morgan fingerprint density at radius 1 is 0.264 bits per heavy atom. The molecule has 536 valence electrons. The number of carbonyl (C=O) groups is 4. The molecule has 0 amide bonds. The molecule has 4 N–H and O–H groups in total. The van der Waals surface area contributed by atoms with Crippen LogP contribution in [0.15, 0.2) is 226 Å². The van der Waals surface area contributed by atoms with Gasteiger partial charge in [0.15, 0.2) is 23.3 Å². The number of nitrogens with one attached hydrogen (secondary N) is 4. The summed E-state index contributed by atoms with van der Waals surface area (Å²) in [5.74, 6) is 30.5. The number of benzene rings is 8. The van der Waals surface area contributed by atoms with Crippen LogP contribution in [-0.2, 0) is 18.9 Å². The van der Waals surface area contributed by atoms with E-state index in [2.05, 4.69) is 93.7 Å². The van der Waals surface area contributed by atoms with E-state index in [1.807, 2.05) is 146 Å². The number of thioether (sulfide) groups is 4. The summed E-state index contributed by atoms with van der Waals surface area (Å²) in [4.78, 5) is 70.7. The lowest BCUT2D eigenvalue weighted by Crippen LogP contribution is -2.27. The van der Waals surface area contributed by atoms with E-state index in [0.29, 0.717) is 94.8 Å². The molecule has 0 aromatic heterocycles. The van der Waals surface area contributed by atoms with Crippen LogP contribution in [0.2, 0.25) is 0 Å². The highest BCUT2D eigenvalue weighted by Gasteiger charge is 2.27. The average molecular weight is 1480 g/mol. The molecule has 0 saturated carbocycles. The molecule has 0 saturated heterocycles. The molecular formula is C86H80N8O8S4. The summed E-state index contributed by atoms with van der Waals surface area (Å²) in [7, 11) is 0. The van der Waals surface area contributed by atoms with E-state index in [0.717, 1.165) is 119 Å². The minimum absolute atomic E-state index is 0.219. The first-order chi connectivity index (χ1) is 52.0. The summed E-state index contributed by atoms with van der Waals surface area (Å²) in [6.45, 7) is 1.56. The Labute approximate surface area is 637 Å². The highest BCUT2D eigenvalue weighted by molar-refractivity contribution is 7.99. The lowest BCUT2D eigenvalue weighted by atomic mass is 10.1. The number of unbranched alkanes of at least 4 members (excludes halogenated alkanes) is 4. The van der Waals surface area contributed by atoms with Crippen LogP contribution in [0.4, 0.5) is 22.7 Å². The van der Waals surface area contributed by atoms with Gasteiger partial charge in [-0.05, 0) is 294 Å². The zero-order chi connectivity index (χ0) is 73.9. The van der Waals surface area contributed by atoms with Gasteiger partial charge in [-0.2, -0.15) is 47.0 Å². The summed E-state index contributed by atoms with van der Waals surface area (Å²) >= 11 is 7.10. The Hall–Kier alpha value is -11.1. The number of amidine groups is 4. The molecule has 0 spiro atoms. The number of rotatable bonds is 28. The van der Waals surface area contributed by atoms with E-state index >= 15 is 0 Å². The summed E-state index contributed by atoms with van der Waals surface area (Å²) in [6, 6.07) is 58.8. The lowest BCUT2D eigenvalue weighted by molar-refractivity contribution is 0.0490. The van der Waals surface area contributed by atoms with Crippen molar-refractivity contribution in [3.63, 3.8) is 0 Å². The number of hydrogen-bond acceptors (Lipinski definition) is 20. The van der Waals surface area contributed by atoms with Crippen LogP contribution in [0, 0.1) is 47.4 Å². The zero-order valence-electron chi connectivity index (χ0n) is 59.5. The van der Waals surface area contributed by atoms with Crippen molar-refractivity contribution in [2.75, 3.05) is 95.7 Å². The molecule has 0 fully saturated rings. The fourth-order valence-corrected chi connectivity index (χ4v) is 12.0. The first-order valence-electron chi connectivity index (χ1n) is 34.7. The second kappa shape index (κ2) is 42.0. The minimum Gasteiger partial charge on any atom is -0.462 e. The van der Waals surface area contributed by atoms with Gasteiger partial charge in [-0.1, -0.05) is 47.4 Å². The number of carbonyl (C=O) groups excluding carboxylic acids is 4. The predicted molar refractivity (Wildman–Crippen MR) is 438 cm³/mol. The molecule has 8 aromatic rings. The second-order valence-corrected chi connectivity index (χ2v) is 27.9. The molecule has 10 rings (SSSR count). The summed E-state index contributed by atoms with van der Waals surface area (Å²) in [5, 5.41) is 13.9. The molecular weight excluding hydrogens is 1400 g/mol. The first kappa shape index (κ1) is 77.5. The van der Waals surface area contributed by atoms with Crippen LogP contribution in [0.1, 0.15) is 137 Å². The maximum atomic E-state index is 12.7. The highest BCUT2D eigenvalue weighted by Crippen LogP contribution is 2.26. The number of nitrogens with zero attached hydrogens (tertiary/aromatic N) is 4. The van der Waals surface area contributed by atoms with Crippen molar-refractivity contribution in [2.24, 2.45) is 20.0 Å². The van der Waals surface area contributed by atoms with Crippen LogP contribution in [-0.4, -0.2) is 122 Å². The average Bonchev–Trinajstić information content (AvgIpc) is 1.64. The second-order valence-electron chi connectivity index (χ2n) is 24.0. The maximum absolute atomic E-state index is 12.7. The third-order valence-corrected chi connectivity index (χ3v) is 18.7. The van der Waals surface area contributed by atoms with Crippen molar-refractivity contribution < 1.29 is 38.1 Å². The number of aliphatic imine (C=N–C) groups is 4. The standard InChI is InChI=1S/C86H80N8O8S4/c1-103-57-9-5-53-99-83(95)69-37-21-61(22-38-69)13-17-65-29-45-73(46-30-65)87-77-78(88-74-47-31-66(32-48-74)18-14-62-23-39-70(40-24-62)84(96)100-54-6-10-58-104-2)92-81(91-77)82-93-79(89-75-49-33-67(34-50-75)19-15-63-25-41-71(42-26-63)85(97)101-55-7-11-59-105-3)80(94-82)90-76-51-35-68(36-52-76)20-16-64-27-43-72(44-28-64)86(98)102-56-8-12-60-106-4/h21-52H,5-12,53-60H2,1-4H3,(H,87,91)(H,88,92)(H,89,93)(H,90,94). The maximum Gasteiger partial charge on any atom is 0.338 e. The largest absolute Gasteiger partial charge is 0.462 e. The molecule has 0 unspecified atom stereocenters. The van der Waals surface area contributed by atoms with Crippen molar-refractivity contribution in [1.29, 1.82) is 0 Å². The first-order valence-corrected chi connectivity index (χ1v) is 40.3. The molecule has 0 bridgehead atoms. The van der Waals surface area contributed by atoms with Gasteiger partial charge in [0, 0.05) is 67.3 Å². The van der Waals surface area contributed by atoms with Crippen molar-refractivity contribution in [2.45, 2.75) is 51.4 Å². The van der Waals surface area contributed by atoms with E-state index in [-0.39, 0.29) is 35.5 Å². The van der Waals surface area contributed by atoms with Gasteiger partial charge < -0.3 is 40.2 Å². The van der Waals surface area contributed by atoms with Crippen molar-refractivity contribution in [1.82, 2.24) is 0 Å². The fraction of sp³-hybridized carbons (Fsp3) is 0.233. The molecule has 20 heteroatoms. The van der Waals surface area contributed by atoms with E-state index in [4.69, 9.17) is 38.9 Å². The van der Waals surface area contributed by atoms with Gasteiger partial charge in [-0.25, -0.2) is 39.1 Å². The summed E-state index contributed by atoms with van der Waals surface area (Å²) in [6.07, 6.45) is 15.5. The third kappa shape index (κ3) is 25.1. The minimum atomic E-state index is -0.350. The van der Waals surface area contributed by atoms with Gasteiger partial charge >= 0.3 is 23.9 Å². The molecule has 2 heterocycles. The Morgan fingerprint density at radius 2 is 0.434 bits per heavy atom. The van der Waals surface area contributed by atoms with Gasteiger partial charge in [-0.3, -0.25) is 0 Å². The van der Waals surface area contributed by atoms with Gasteiger partial charge in [-0.15, -0.1) is 0 Å². The summed E-state index contributed by atoms with van der Waals surface area (Å²) < 4.78 is 21.9. The number of esters is 4. The Kier molecular flexibility index (Phi) is 30.7. The van der Waals surface area contributed by atoms with Gasteiger partial charge in [0.05, 0.1) is 48.7 Å². The lowest BCUT2D eigenvalue weighted by Gasteiger charge is -2.11. The number of ether oxygens (including phenoxy) is 4. The highest BCUT2D eigenvalue weighted by atomic mass is 32.2. The molecule has 8 aromatic carbocycles. The van der Waals surface area contributed by atoms with Crippen molar-refractivity contribution >= 4 is 117 Å². The van der Waals surface area contributed by atoms with Crippen LogP contribution < -0.4 is 21.3 Å². The topological polar surface area (TPSA) is 203 Å². The monoisotopic (exact) mass is 1480 g/mol. The molecule has 106 heavy (non-hydrogen) atoms. The number of anilines is 4. The van der Waals surface area contributed by atoms with Gasteiger partial charge in [0.2, 0.25) is 11.6 Å². The normalized spacial score (nSPS) is 11.8. The molecule has 2 aliphatic rings. The molecule has 0 aliphatic carbocycles.